The SMILES string of the molecule is COc1ccc(C(=O)N2CC[C@]3(C2)CN(c2ccccc2)C(=O)CO3)cc1OCc1ccccn1. The molecule has 0 unspecified atom stereocenters. The van der Waals surface area contributed by atoms with Gasteiger partial charge in [0.25, 0.3) is 11.8 Å². The third-order valence-electron chi connectivity index (χ3n) is 6.43. The molecule has 5 rings (SSSR count). The molecule has 2 aromatic carbocycles. The molecule has 0 bridgehead atoms. The second-order valence-electron chi connectivity index (χ2n) is 8.74. The number of nitrogens with zero attached hydrogens (tertiary/aromatic N) is 3. The number of aromatic nitrogens is 1. The van der Waals surface area contributed by atoms with E-state index >= 15 is 0 Å². The van der Waals surface area contributed by atoms with Gasteiger partial charge in [0.2, 0.25) is 0 Å². The quantitative estimate of drug-likeness (QED) is 0.546. The first-order valence-corrected chi connectivity index (χ1v) is 11.6. The van der Waals surface area contributed by atoms with E-state index in [0.29, 0.717) is 43.1 Å². The van der Waals surface area contributed by atoms with Crippen LogP contribution >= 0.6 is 0 Å². The number of likely N-dealkylation sites (tertiary alicyclic amines) is 1. The Morgan fingerprint density at radius 1 is 1.06 bits per heavy atom. The van der Waals surface area contributed by atoms with Gasteiger partial charge in [0, 0.05) is 24.0 Å². The number of hydrogen-bond acceptors (Lipinski definition) is 6. The minimum atomic E-state index is -0.579. The van der Waals surface area contributed by atoms with Gasteiger partial charge in [-0.05, 0) is 48.9 Å². The predicted octanol–water partition coefficient (Wildman–Crippen LogP) is 3.32. The Kier molecular flexibility index (Phi) is 6.37. The van der Waals surface area contributed by atoms with E-state index in [4.69, 9.17) is 14.2 Å². The highest BCUT2D eigenvalue weighted by molar-refractivity contribution is 5.96. The van der Waals surface area contributed by atoms with Crippen molar-refractivity contribution in [2.75, 3.05) is 38.3 Å². The van der Waals surface area contributed by atoms with Gasteiger partial charge < -0.3 is 24.0 Å². The molecule has 2 saturated heterocycles. The van der Waals surface area contributed by atoms with Crippen LogP contribution in [-0.4, -0.2) is 60.7 Å². The molecule has 8 nitrogen and oxygen atoms in total. The third-order valence-corrected chi connectivity index (χ3v) is 6.43. The van der Waals surface area contributed by atoms with Crippen LogP contribution in [0.15, 0.2) is 72.9 Å². The molecule has 1 spiro atoms. The highest BCUT2D eigenvalue weighted by Crippen LogP contribution is 2.34. The molecule has 2 aliphatic rings. The Balaban J connectivity index is 1.30. The predicted molar refractivity (Wildman–Crippen MR) is 130 cm³/mol. The zero-order valence-corrected chi connectivity index (χ0v) is 19.6. The number of hydrogen-bond donors (Lipinski definition) is 0. The highest BCUT2D eigenvalue weighted by atomic mass is 16.5. The molecule has 2 fully saturated rings. The van der Waals surface area contributed by atoms with Crippen LogP contribution in [0, 0.1) is 0 Å². The van der Waals surface area contributed by atoms with Crippen molar-refractivity contribution in [3.05, 3.63) is 84.2 Å². The van der Waals surface area contributed by atoms with Crippen LogP contribution in [0.2, 0.25) is 0 Å². The molecule has 2 amide bonds. The topological polar surface area (TPSA) is 81.2 Å². The van der Waals surface area contributed by atoms with E-state index in [2.05, 4.69) is 4.98 Å². The van der Waals surface area contributed by atoms with Crippen LogP contribution in [0.1, 0.15) is 22.5 Å². The van der Waals surface area contributed by atoms with Gasteiger partial charge in [-0.2, -0.15) is 0 Å². The van der Waals surface area contributed by atoms with E-state index in [1.54, 1.807) is 41.3 Å². The lowest BCUT2D eigenvalue weighted by Crippen LogP contribution is -2.56. The molecule has 180 valence electrons. The smallest absolute Gasteiger partial charge is 0.254 e. The monoisotopic (exact) mass is 473 g/mol. The minimum absolute atomic E-state index is 0.00493. The molecule has 0 N–H and O–H groups in total. The lowest BCUT2D eigenvalue weighted by molar-refractivity contribution is -0.137. The van der Waals surface area contributed by atoms with Gasteiger partial charge >= 0.3 is 0 Å². The molecule has 35 heavy (non-hydrogen) atoms. The number of pyridine rings is 1. The summed E-state index contributed by atoms with van der Waals surface area (Å²) < 4.78 is 17.4. The molecular formula is C27H27N3O5. The molecule has 3 aromatic rings. The maximum absolute atomic E-state index is 13.4. The second kappa shape index (κ2) is 9.76. The van der Waals surface area contributed by atoms with Gasteiger partial charge in [-0.25, -0.2) is 0 Å². The molecule has 1 aromatic heterocycles. The van der Waals surface area contributed by atoms with Crippen molar-refractivity contribution >= 4 is 17.5 Å². The first kappa shape index (κ1) is 22.9. The van der Waals surface area contributed by atoms with Crippen LogP contribution in [0.5, 0.6) is 11.5 Å². The van der Waals surface area contributed by atoms with Crippen molar-refractivity contribution in [2.24, 2.45) is 0 Å². The summed E-state index contributed by atoms with van der Waals surface area (Å²) in [6.07, 6.45) is 2.37. The summed E-state index contributed by atoms with van der Waals surface area (Å²) in [5.74, 6) is 0.839. The maximum Gasteiger partial charge on any atom is 0.254 e. The number of anilines is 1. The van der Waals surface area contributed by atoms with Gasteiger partial charge in [-0.1, -0.05) is 24.3 Å². The highest BCUT2D eigenvalue weighted by Gasteiger charge is 2.46. The van der Waals surface area contributed by atoms with Crippen molar-refractivity contribution in [2.45, 2.75) is 18.6 Å². The number of morpholine rings is 1. The first-order valence-electron chi connectivity index (χ1n) is 11.6. The number of para-hydroxylation sites is 1. The van der Waals surface area contributed by atoms with Gasteiger partial charge in [0.15, 0.2) is 11.5 Å². The zero-order valence-electron chi connectivity index (χ0n) is 19.6. The van der Waals surface area contributed by atoms with Crippen LogP contribution in [-0.2, 0) is 16.1 Å². The molecule has 0 radical (unpaired) electrons. The summed E-state index contributed by atoms with van der Waals surface area (Å²) in [6.45, 7) is 1.65. The van der Waals surface area contributed by atoms with E-state index in [0.717, 1.165) is 11.4 Å². The van der Waals surface area contributed by atoms with Crippen LogP contribution in [0.4, 0.5) is 5.69 Å². The summed E-state index contributed by atoms with van der Waals surface area (Å²) in [5.41, 5.74) is 1.55. The van der Waals surface area contributed by atoms with E-state index in [-0.39, 0.29) is 25.0 Å². The number of amides is 2. The van der Waals surface area contributed by atoms with Crippen molar-refractivity contribution < 1.29 is 23.8 Å². The fraction of sp³-hybridized carbons (Fsp3) is 0.296. The number of carbonyl (C=O) groups is 2. The van der Waals surface area contributed by atoms with Gasteiger partial charge in [-0.3, -0.25) is 14.6 Å². The molecule has 3 heterocycles. The number of rotatable bonds is 6. The average Bonchev–Trinajstić information content (AvgIpc) is 3.33. The van der Waals surface area contributed by atoms with E-state index in [1.807, 2.05) is 48.5 Å². The van der Waals surface area contributed by atoms with Crippen molar-refractivity contribution in [3.8, 4) is 11.5 Å². The van der Waals surface area contributed by atoms with E-state index in [9.17, 15) is 9.59 Å². The second-order valence-corrected chi connectivity index (χ2v) is 8.74. The van der Waals surface area contributed by atoms with Gasteiger partial charge in [0.05, 0.1) is 25.9 Å². The normalized spacial score (nSPS) is 19.7. The van der Waals surface area contributed by atoms with Crippen LogP contribution in [0.3, 0.4) is 0 Å². The van der Waals surface area contributed by atoms with Crippen LogP contribution < -0.4 is 14.4 Å². The molecule has 8 heteroatoms. The van der Waals surface area contributed by atoms with Crippen molar-refractivity contribution in [1.82, 2.24) is 9.88 Å². The lowest BCUT2D eigenvalue weighted by Gasteiger charge is -2.40. The number of ether oxygens (including phenoxy) is 3. The van der Waals surface area contributed by atoms with E-state index < -0.39 is 5.60 Å². The molecule has 1 atom stereocenters. The molecule has 0 saturated carbocycles. The first-order chi connectivity index (χ1) is 17.1. The molecular weight excluding hydrogens is 446 g/mol. The Morgan fingerprint density at radius 3 is 2.66 bits per heavy atom. The average molecular weight is 474 g/mol. The summed E-state index contributed by atoms with van der Waals surface area (Å²) in [5, 5.41) is 0. The standard InChI is InChI=1S/C27H27N3O5/c1-33-23-11-10-20(15-24(23)34-16-21-7-5-6-13-28-21)26(32)29-14-12-27(18-29)19-30(25(31)17-35-27)22-8-3-2-4-9-22/h2-11,13,15H,12,14,16-19H2,1H3/t27-/m0/s1. The fourth-order valence-corrected chi connectivity index (χ4v) is 4.56. The summed E-state index contributed by atoms with van der Waals surface area (Å²) >= 11 is 0. The van der Waals surface area contributed by atoms with Crippen molar-refractivity contribution in [3.63, 3.8) is 0 Å². The number of benzene rings is 2. The largest absolute Gasteiger partial charge is 0.493 e. The number of carbonyl (C=O) groups excluding carboxylic acids is 2. The fourth-order valence-electron chi connectivity index (χ4n) is 4.56. The Morgan fingerprint density at radius 2 is 1.89 bits per heavy atom. The summed E-state index contributed by atoms with van der Waals surface area (Å²) in [6, 6.07) is 20.4. The van der Waals surface area contributed by atoms with E-state index in [1.165, 1.54) is 0 Å². The van der Waals surface area contributed by atoms with Gasteiger partial charge in [-0.15, -0.1) is 0 Å². The van der Waals surface area contributed by atoms with Crippen LogP contribution in [0.25, 0.3) is 0 Å². The Labute approximate surface area is 204 Å². The van der Waals surface area contributed by atoms with Crippen molar-refractivity contribution in [1.29, 1.82) is 0 Å². The minimum Gasteiger partial charge on any atom is -0.493 e. The summed E-state index contributed by atoms with van der Waals surface area (Å²) in [7, 11) is 1.56. The molecule has 0 aliphatic carbocycles. The summed E-state index contributed by atoms with van der Waals surface area (Å²) in [4.78, 5) is 33.7. The number of methoxy groups -OCH3 is 1. The van der Waals surface area contributed by atoms with Gasteiger partial charge in [0.1, 0.15) is 18.8 Å². The maximum atomic E-state index is 13.4. The third kappa shape index (κ3) is 4.83. The lowest BCUT2D eigenvalue weighted by atomic mass is 10.00. The molecule has 2 aliphatic heterocycles. The Bertz CT molecular complexity index is 1200. The Hall–Kier alpha value is -3.91. The zero-order chi connectivity index (χ0) is 24.3.